The fraction of sp³-hybridized carbons (Fsp3) is 0.0526. The minimum Gasteiger partial charge on any atom is -0.477 e. The minimum atomic E-state index is -1.10. The molecule has 2 N–H and O–H groups in total. The molecule has 0 saturated heterocycles. The van der Waals surface area contributed by atoms with Gasteiger partial charge < -0.3 is 10.1 Å². The van der Waals surface area contributed by atoms with Crippen LogP contribution in [0.1, 0.15) is 21.7 Å². The van der Waals surface area contributed by atoms with Crippen LogP contribution in [0.25, 0.3) is 11.1 Å². The number of aromatic amines is 1. The molecule has 0 spiro atoms. The molecule has 128 valence electrons. The number of rotatable bonds is 5. The molecular formula is C19H13N3O3S. The average Bonchev–Trinajstić information content (AvgIpc) is 2.66. The van der Waals surface area contributed by atoms with Crippen LogP contribution in [0.3, 0.4) is 0 Å². The lowest BCUT2D eigenvalue weighted by atomic mass is 10.0. The van der Waals surface area contributed by atoms with Crippen molar-refractivity contribution in [1.82, 2.24) is 9.97 Å². The Morgan fingerprint density at radius 1 is 1.19 bits per heavy atom. The van der Waals surface area contributed by atoms with Gasteiger partial charge in [-0.05, 0) is 17.7 Å². The van der Waals surface area contributed by atoms with Gasteiger partial charge in [-0.2, -0.15) is 5.26 Å². The van der Waals surface area contributed by atoms with Crippen molar-refractivity contribution in [1.29, 1.82) is 5.26 Å². The number of benzene rings is 1. The molecule has 1 aromatic carbocycles. The van der Waals surface area contributed by atoms with Gasteiger partial charge in [0.1, 0.15) is 11.8 Å². The van der Waals surface area contributed by atoms with E-state index < -0.39 is 5.97 Å². The molecule has 0 atom stereocenters. The van der Waals surface area contributed by atoms with E-state index in [1.165, 1.54) is 23.9 Å². The molecule has 0 saturated carbocycles. The number of nitrogens with zero attached hydrogens (tertiary/aromatic N) is 2. The molecule has 0 fully saturated rings. The summed E-state index contributed by atoms with van der Waals surface area (Å²) < 4.78 is 0. The van der Waals surface area contributed by atoms with Crippen molar-refractivity contribution >= 4 is 17.7 Å². The Morgan fingerprint density at radius 3 is 2.65 bits per heavy atom. The van der Waals surface area contributed by atoms with Crippen molar-refractivity contribution in [2.45, 2.75) is 10.8 Å². The first-order chi connectivity index (χ1) is 12.6. The zero-order chi connectivity index (χ0) is 18.5. The van der Waals surface area contributed by atoms with Crippen molar-refractivity contribution in [3.63, 3.8) is 0 Å². The first kappa shape index (κ1) is 17.5. The largest absolute Gasteiger partial charge is 0.477 e. The van der Waals surface area contributed by atoms with Crippen LogP contribution in [0.5, 0.6) is 0 Å². The summed E-state index contributed by atoms with van der Waals surface area (Å²) in [5, 5.41) is 19.0. The number of carbonyl (C=O) groups is 1. The Bertz CT molecular complexity index is 1060. The molecule has 0 unspecified atom stereocenters. The topological polar surface area (TPSA) is 107 Å². The second-order valence-electron chi connectivity index (χ2n) is 5.34. The highest BCUT2D eigenvalue weighted by molar-refractivity contribution is 7.98. The third-order valence-corrected chi connectivity index (χ3v) is 4.63. The number of pyridine rings is 2. The first-order valence-electron chi connectivity index (χ1n) is 7.63. The van der Waals surface area contributed by atoms with E-state index >= 15 is 0 Å². The number of hydrogen-bond donors (Lipinski definition) is 2. The van der Waals surface area contributed by atoms with E-state index in [2.05, 4.69) is 16.0 Å². The van der Waals surface area contributed by atoms with Gasteiger partial charge >= 0.3 is 5.97 Å². The fourth-order valence-corrected chi connectivity index (χ4v) is 3.35. The van der Waals surface area contributed by atoms with Gasteiger partial charge in [0.15, 0.2) is 0 Å². The maximum atomic E-state index is 12.0. The molecule has 0 bridgehead atoms. The zero-order valence-electron chi connectivity index (χ0n) is 13.5. The lowest BCUT2D eigenvalue weighted by molar-refractivity contribution is 0.0690. The smallest absolute Gasteiger partial charge is 0.354 e. The van der Waals surface area contributed by atoms with E-state index in [9.17, 15) is 14.9 Å². The Morgan fingerprint density at radius 2 is 1.96 bits per heavy atom. The average molecular weight is 363 g/mol. The molecule has 2 aromatic heterocycles. The molecule has 0 aliphatic carbocycles. The lowest BCUT2D eigenvalue weighted by Gasteiger charge is -2.09. The number of hydrogen-bond acceptors (Lipinski definition) is 5. The monoisotopic (exact) mass is 363 g/mol. The van der Waals surface area contributed by atoms with Crippen molar-refractivity contribution in [2.24, 2.45) is 0 Å². The molecule has 2 heterocycles. The van der Waals surface area contributed by atoms with Gasteiger partial charge in [-0.15, -0.1) is 11.8 Å². The molecule has 3 rings (SSSR count). The number of thioether (sulfide) groups is 1. The van der Waals surface area contributed by atoms with Gasteiger partial charge in [-0.25, -0.2) is 9.78 Å². The summed E-state index contributed by atoms with van der Waals surface area (Å²) >= 11 is 1.23. The van der Waals surface area contributed by atoms with Gasteiger partial charge in [0.05, 0.1) is 16.3 Å². The molecular weight excluding hydrogens is 350 g/mol. The van der Waals surface area contributed by atoms with E-state index in [-0.39, 0.29) is 11.3 Å². The number of aromatic nitrogens is 2. The van der Waals surface area contributed by atoms with Crippen LogP contribution in [0.2, 0.25) is 0 Å². The number of nitriles is 1. The first-order valence-corrected chi connectivity index (χ1v) is 8.62. The summed E-state index contributed by atoms with van der Waals surface area (Å²) in [6.45, 7) is 0. The second-order valence-corrected chi connectivity index (χ2v) is 6.32. The minimum absolute atomic E-state index is 0.0462. The summed E-state index contributed by atoms with van der Waals surface area (Å²) in [6, 6.07) is 17.5. The van der Waals surface area contributed by atoms with Gasteiger partial charge in [-0.3, -0.25) is 4.79 Å². The Labute approximate surface area is 153 Å². The molecule has 0 aliphatic rings. The molecule has 3 aromatic rings. The maximum absolute atomic E-state index is 12.0. The van der Waals surface area contributed by atoms with E-state index in [1.807, 2.05) is 30.3 Å². The normalized spacial score (nSPS) is 10.3. The predicted molar refractivity (Wildman–Crippen MR) is 98.0 cm³/mol. The van der Waals surface area contributed by atoms with Crippen LogP contribution in [0, 0.1) is 11.3 Å². The lowest BCUT2D eigenvalue weighted by Crippen LogP contribution is -2.09. The van der Waals surface area contributed by atoms with Gasteiger partial charge in [0.25, 0.3) is 0 Å². The number of carboxylic acid groups (broad SMARTS) is 1. The van der Waals surface area contributed by atoms with Crippen LogP contribution in [-0.2, 0) is 5.75 Å². The third kappa shape index (κ3) is 3.82. The summed E-state index contributed by atoms with van der Waals surface area (Å²) in [4.78, 5) is 29.8. The Hall–Kier alpha value is -3.37. The van der Waals surface area contributed by atoms with E-state index in [0.29, 0.717) is 27.6 Å². The van der Waals surface area contributed by atoms with E-state index in [1.54, 1.807) is 12.1 Å². The van der Waals surface area contributed by atoms with Crippen LogP contribution in [-0.4, -0.2) is 21.0 Å². The van der Waals surface area contributed by atoms with Crippen molar-refractivity contribution in [3.8, 4) is 17.2 Å². The third-order valence-electron chi connectivity index (χ3n) is 3.60. The van der Waals surface area contributed by atoms with Crippen LogP contribution < -0.4 is 5.56 Å². The maximum Gasteiger partial charge on any atom is 0.354 e. The van der Waals surface area contributed by atoms with Crippen molar-refractivity contribution < 1.29 is 9.90 Å². The molecule has 0 amide bonds. The number of nitrogens with one attached hydrogen (secondary N) is 1. The second kappa shape index (κ2) is 7.68. The highest BCUT2D eigenvalue weighted by atomic mass is 32.2. The molecule has 6 nitrogen and oxygen atoms in total. The predicted octanol–water partition coefficient (Wildman–Crippen LogP) is 3.30. The quantitative estimate of drug-likeness (QED) is 0.674. The summed E-state index contributed by atoms with van der Waals surface area (Å²) in [6.07, 6.45) is 0. The summed E-state index contributed by atoms with van der Waals surface area (Å²) in [7, 11) is 0. The molecule has 26 heavy (non-hydrogen) atoms. The van der Waals surface area contributed by atoms with Gasteiger partial charge in [0, 0.05) is 17.4 Å². The zero-order valence-corrected chi connectivity index (χ0v) is 14.3. The van der Waals surface area contributed by atoms with E-state index in [0.717, 1.165) is 5.56 Å². The fourth-order valence-electron chi connectivity index (χ4n) is 2.43. The summed E-state index contributed by atoms with van der Waals surface area (Å²) in [5.41, 5.74) is 1.90. The Balaban J connectivity index is 1.95. The number of H-pyrrole nitrogens is 1. The van der Waals surface area contributed by atoms with Crippen molar-refractivity contribution in [3.05, 3.63) is 81.9 Å². The van der Waals surface area contributed by atoms with E-state index in [4.69, 9.17) is 5.11 Å². The van der Waals surface area contributed by atoms with Crippen LogP contribution in [0.4, 0.5) is 0 Å². The Kier molecular flexibility index (Phi) is 5.15. The SMILES string of the molecule is N#Cc1c(-c2ccccc2)cc(=O)[nH]c1SCc1cccc(C(=O)O)n1. The van der Waals surface area contributed by atoms with Crippen molar-refractivity contribution in [2.75, 3.05) is 0 Å². The highest BCUT2D eigenvalue weighted by Crippen LogP contribution is 2.29. The number of carboxylic acids is 1. The summed E-state index contributed by atoms with van der Waals surface area (Å²) in [5.74, 6) is -0.779. The van der Waals surface area contributed by atoms with Gasteiger partial charge in [-0.1, -0.05) is 36.4 Å². The van der Waals surface area contributed by atoms with Crippen LogP contribution in [0.15, 0.2) is 64.4 Å². The molecule has 0 aliphatic heterocycles. The molecule has 7 heteroatoms. The standard InChI is InChI=1S/C19H13N3O3S/c20-10-15-14(12-5-2-1-3-6-12)9-17(23)22-18(15)26-11-13-7-4-8-16(21-13)19(24)25/h1-9H,11H2,(H,22,23)(H,24,25). The number of aromatic carboxylic acids is 1. The molecule has 0 radical (unpaired) electrons. The van der Waals surface area contributed by atoms with Crippen LogP contribution >= 0.6 is 11.8 Å². The van der Waals surface area contributed by atoms with Gasteiger partial charge in [0.2, 0.25) is 5.56 Å². The highest BCUT2D eigenvalue weighted by Gasteiger charge is 2.14.